The second-order valence-electron chi connectivity index (χ2n) is 4.96. The molecule has 0 saturated heterocycles. The van der Waals surface area contributed by atoms with Gasteiger partial charge in [0.05, 0.1) is 7.11 Å². The Morgan fingerprint density at radius 1 is 1.25 bits per heavy atom. The molecule has 0 unspecified atom stereocenters. The molecule has 1 amide bonds. The zero-order chi connectivity index (χ0) is 15.0. The lowest BCUT2D eigenvalue weighted by molar-refractivity contribution is -0.145. The Balaban J connectivity index is 2.62. The summed E-state index contributed by atoms with van der Waals surface area (Å²) in [6.45, 7) is 3.98. The smallest absolute Gasteiger partial charge is 0.328 e. The van der Waals surface area contributed by atoms with Crippen molar-refractivity contribution in [2.24, 2.45) is 5.92 Å². The van der Waals surface area contributed by atoms with Crippen LogP contribution in [0.1, 0.15) is 25.8 Å². The molecule has 4 heteroatoms. The summed E-state index contributed by atoms with van der Waals surface area (Å²) < 4.78 is 4.70. The number of amides is 1. The van der Waals surface area contributed by atoms with Gasteiger partial charge in [0.2, 0.25) is 5.91 Å². The number of nitrogens with one attached hydrogen (secondary N) is 1. The Morgan fingerprint density at radius 2 is 1.90 bits per heavy atom. The van der Waals surface area contributed by atoms with E-state index >= 15 is 0 Å². The first-order valence-corrected chi connectivity index (χ1v) is 6.64. The first-order chi connectivity index (χ1) is 9.52. The van der Waals surface area contributed by atoms with Crippen LogP contribution in [0.15, 0.2) is 36.4 Å². The summed E-state index contributed by atoms with van der Waals surface area (Å²) in [7, 11) is 1.32. The van der Waals surface area contributed by atoms with Gasteiger partial charge in [-0.15, -0.1) is 0 Å². The SMILES string of the molecule is COC(=O)[C@@H](CC(C)C)NC(=O)/C=C/c1ccccc1. The predicted molar refractivity (Wildman–Crippen MR) is 78.9 cm³/mol. The molecular weight excluding hydrogens is 254 g/mol. The Morgan fingerprint density at radius 3 is 2.45 bits per heavy atom. The fourth-order valence-electron chi connectivity index (χ4n) is 1.78. The number of methoxy groups -OCH3 is 1. The molecule has 0 aliphatic rings. The fraction of sp³-hybridized carbons (Fsp3) is 0.375. The molecule has 0 radical (unpaired) electrons. The maximum absolute atomic E-state index is 11.8. The van der Waals surface area contributed by atoms with E-state index in [1.54, 1.807) is 6.08 Å². The number of rotatable bonds is 6. The largest absolute Gasteiger partial charge is 0.467 e. The molecule has 0 aliphatic carbocycles. The number of ether oxygens (including phenoxy) is 1. The minimum atomic E-state index is -0.604. The Kier molecular flexibility index (Phi) is 6.50. The topological polar surface area (TPSA) is 55.4 Å². The summed E-state index contributed by atoms with van der Waals surface area (Å²) in [5.74, 6) is -0.428. The number of carbonyl (C=O) groups is 2. The van der Waals surface area contributed by atoms with E-state index in [1.165, 1.54) is 13.2 Å². The van der Waals surface area contributed by atoms with Gasteiger partial charge in [0, 0.05) is 6.08 Å². The highest BCUT2D eigenvalue weighted by Crippen LogP contribution is 2.07. The molecule has 0 spiro atoms. The van der Waals surface area contributed by atoms with Crippen LogP contribution in [0.5, 0.6) is 0 Å². The molecule has 0 aromatic heterocycles. The van der Waals surface area contributed by atoms with E-state index in [-0.39, 0.29) is 11.8 Å². The third-order valence-electron chi connectivity index (χ3n) is 2.74. The van der Waals surface area contributed by atoms with Crippen LogP contribution < -0.4 is 5.32 Å². The van der Waals surface area contributed by atoms with Gasteiger partial charge in [0.25, 0.3) is 0 Å². The van der Waals surface area contributed by atoms with Crippen molar-refractivity contribution in [2.75, 3.05) is 7.11 Å². The van der Waals surface area contributed by atoms with Crippen LogP contribution in [0.3, 0.4) is 0 Å². The Hall–Kier alpha value is -2.10. The van der Waals surface area contributed by atoms with Crippen molar-refractivity contribution in [2.45, 2.75) is 26.3 Å². The van der Waals surface area contributed by atoms with E-state index in [0.29, 0.717) is 6.42 Å². The predicted octanol–water partition coefficient (Wildman–Crippen LogP) is 2.40. The highest BCUT2D eigenvalue weighted by Gasteiger charge is 2.21. The van der Waals surface area contributed by atoms with Crippen LogP contribution in [0.2, 0.25) is 0 Å². The first-order valence-electron chi connectivity index (χ1n) is 6.64. The summed E-state index contributed by atoms with van der Waals surface area (Å²) in [5.41, 5.74) is 0.932. The van der Waals surface area contributed by atoms with Gasteiger partial charge in [0.1, 0.15) is 6.04 Å². The van der Waals surface area contributed by atoms with Crippen molar-refractivity contribution >= 4 is 18.0 Å². The monoisotopic (exact) mass is 275 g/mol. The van der Waals surface area contributed by atoms with Gasteiger partial charge in [-0.2, -0.15) is 0 Å². The van der Waals surface area contributed by atoms with Crippen LogP contribution in [-0.4, -0.2) is 25.0 Å². The summed E-state index contributed by atoms with van der Waals surface area (Å²) in [6, 6.07) is 8.90. The van der Waals surface area contributed by atoms with Gasteiger partial charge in [-0.1, -0.05) is 44.2 Å². The molecule has 0 aliphatic heterocycles. The second kappa shape index (κ2) is 8.15. The molecule has 0 bridgehead atoms. The summed E-state index contributed by atoms with van der Waals surface area (Å²) in [5, 5.41) is 2.67. The normalized spacial score (nSPS) is 12.4. The van der Waals surface area contributed by atoms with Crippen molar-refractivity contribution in [1.82, 2.24) is 5.32 Å². The second-order valence-corrected chi connectivity index (χ2v) is 4.96. The number of esters is 1. The molecule has 20 heavy (non-hydrogen) atoms. The highest BCUT2D eigenvalue weighted by molar-refractivity contribution is 5.94. The minimum Gasteiger partial charge on any atom is -0.467 e. The van der Waals surface area contributed by atoms with Gasteiger partial charge < -0.3 is 10.1 Å². The molecule has 108 valence electrons. The fourth-order valence-corrected chi connectivity index (χ4v) is 1.78. The van der Waals surface area contributed by atoms with Crippen molar-refractivity contribution in [3.63, 3.8) is 0 Å². The third-order valence-corrected chi connectivity index (χ3v) is 2.74. The third kappa shape index (κ3) is 5.69. The lowest BCUT2D eigenvalue weighted by atomic mass is 10.0. The zero-order valence-corrected chi connectivity index (χ0v) is 12.1. The van der Waals surface area contributed by atoms with Gasteiger partial charge >= 0.3 is 5.97 Å². The molecular formula is C16H21NO3. The average Bonchev–Trinajstić information content (AvgIpc) is 2.44. The van der Waals surface area contributed by atoms with Crippen molar-refractivity contribution in [3.8, 4) is 0 Å². The van der Waals surface area contributed by atoms with Crippen LogP contribution in [-0.2, 0) is 14.3 Å². The van der Waals surface area contributed by atoms with E-state index in [4.69, 9.17) is 4.74 Å². The molecule has 1 aromatic carbocycles. The number of hydrogen-bond donors (Lipinski definition) is 1. The van der Waals surface area contributed by atoms with Crippen LogP contribution in [0.4, 0.5) is 0 Å². The van der Waals surface area contributed by atoms with E-state index in [0.717, 1.165) is 5.56 Å². The summed E-state index contributed by atoms with van der Waals surface area (Å²) in [6.07, 6.45) is 3.68. The van der Waals surface area contributed by atoms with Crippen LogP contribution in [0, 0.1) is 5.92 Å². The van der Waals surface area contributed by atoms with E-state index < -0.39 is 12.0 Å². The number of carbonyl (C=O) groups excluding carboxylic acids is 2. The Labute approximate surface area is 119 Å². The molecule has 0 heterocycles. The Bertz CT molecular complexity index is 466. The van der Waals surface area contributed by atoms with Gasteiger partial charge in [-0.3, -0.25) is 4.79 Å². The van der Waals surface area contributed by atoms with Crippen molar-refractivity contribution < 1.29 is 14.3 Å². The first kappa shape index (κ1) is 16.0. The molecule has 1 atom stereocenters. The van der Waals surface area contributed by atoms with Gasteiger partial charge in [-0.05, 0) is 24.0 Å². The van der Waals surface area contributed by atoms with E-state index in [1.807, 2.05) is 44.2 Å². The maximum Gasteiger partial charge on any atom is 0.328 e. The van der Waals surface area contributed by atoms with Crippen molar-refractivity contribution in [3.05, 3.63) is 42.0 Å². The maximum atomic E-state index is 11.8. The summed E-state index contributed by atoms with van der Waals surface area (Å²) in [4.78, 5) is 23.4. The van der Waals surface area contributed by atoms with Crippen molar-refractivity contribution in [1.29, 1.82) is 0 Å². The molecule has 1 N–H and O–H groups in total. The lowest BCUT2D eigenvalue weighted by Gasteiger charge is -2.17. The van der Waals surface area contributed by atoms with Crippen LogP contribution in [0.25, 0.3) is 6.08 Å². The molecule has 0 saturated carbocycles. The highest BCUT2D eigenvalue weighted by atomic mass is 16.5. The minimum absolute atomic E-state index is 0.289. The molecule has 1 rings (SSSR count). The van der Waals surface area contributed by atoms with E-state index in [2.05, 4.69) is 5.32 Å². The number of benzene rings is 1. The summed E-state index contributed by atoms with van der Waals surface area (Å²) >= 11 is 0. The lowest BCUT2D eigenvalue weighted by Crippen LogP contribution is -2.41. The van der Waals surface area contributed by atoms with Gasteiger partial charge in [0.15, 0.2) is 0 Å². The van der Waals surface area contributed by atoms with Crippen LogP contribution >= 0.6 is 0 Å². The van der Waals surface area contributed by atoms with Gasteiger partial charge in [-0.25, -0.2) is 4.79 Å². The average molecular weight is 275 g/mol. The standard InChI is InChI=1S/C16H21NO3/c1-12(2)11-14(16(19)20-3)17-15(18)10-9-13-7-5-4-6-8-13/h4-10,12,14H,11H2,1-3H3,(H,17,18)/b10-9+/t14-/m1/s1. The molecule has 1 aromatic rings. The molecule has 4 nitrogen and oxygen atoms in total. The molecule has 0 fully saturated rings. The quantitative estimate of drug-likeness (QED) is 0.640. The zero-order valence-electron chi connectivity index (χ0n) is 12.1. The van der Waals surface area contributed by atoms with E-state index in [9.17, 15) is 9.59 Å². The number of hydrogen-bond acceptors (Lipinski definition) is 3.